The van der Waals surface area contributed by atoms with Crippen LogP contribution < -0.4 is 9.62 Å². The minimum Gasteiger partial charge on any atom is -0.351 e. The molecule has 1 N–H and O–H groups in total. The Morgan fingerprint density at radius 1 is 1.33 bits per heavy atom. The SMILES string of the molecule is CC(C(=O)NC1CCN(C)CC1)N(c1ccccc1F)S(C)(=O)=O. The van der Waals surface area contributed by atoms with Gasteiger partial charge in [-0.2, -0.15) is 0 Å². The Hall–Kier alpha value is -1.67. The Morgan fingerprint density at radius 2 is 1.92 bits per heavy atom. The van der Waals surface area contributed by atoms with Gasteiger partial charge in [0.25, 0.3) is 0 Å². The number of amides is 1. The molecule has 24 heavy (non-hydrogen) atoms. The Morgan fingerprint density at radius 3 is 2.46 bits per heavy atom. The summed E-state index contributed by atoms with van der Waals surface area (Å²) < 4.78 is 39.2. The molecule has 0 bridgehead atoms. The van der Waals surface area contributed by atoms with Crippen LogP contribution >= 0.6 is 0 Å². The summed E-state index contributed by atoms with van der Waals surface area (Å²) in [6.07, 6.45) is 2.60. The third-order valence-corrected chi connectivity index (χ3v) is 5.47. The number of nitrogens with zero attached hydrogens (tertiary/aromatic N) is 2. The lowest BCUT2D eigenvalue weighted by Gasteiger charge is -2.33. The zero-order valence-electron chi connectivity index (χ0n) is 14.2. The van der Waals surface area contributed by atoms with E-state index in [-0.39, 0.29) is 11.7 Å². The van der Waals surface area contributed by atoms with Crippen molar-refractivity contribution in [2.75, 3.05) is 30.7 Å². The minimum atomic E-state index is -3.81. The molecule has 0 radical (unpaired) electrons. The van der Waals surface area contributed by atoms with Gasteiger partial charge in [-0.25, -0.2) is 12.8 Å². The van der Waals surface area contributed by atoms with Gasteiger partial charge in [0.1, 0.15) is 11.9 Å². The van der Waals surface area contributed by atoms with Gasteiger partial charge in [0.2, 0.25) is 15.9 Å². The summed E-state index contributed by atoms with van der Waals surface area (Å²) in [7, 11) is -1.79. The molecular weight excluding hydrogens is 333 g/mol. The van der Waals surface area contributed by atoms with E-state index in [4.69, 9.17) is 0 Å². The predicted molar refractivity (Wildman–Crippen MR) is 91.8 cm³/mol. The van der Waals surface area contributed by atoms with E-state index in [0.29, 0.717) is 0 Å². The van der Waals surface area contributed by atoms with E-state index >= 15 is 0 Å². The highest BCUT2D eigenvalue weighted by Crippen LogP contribution is 2.24. The van der Waals surface area contributed by atoms with Crippen molar-refractivity contribution in [1.29, 1.82) is 0 Å². The first-order valence-electron chi connectivity index (χ1n) is 7.93. The van der Waals surface area contributed by atoms with Crippen LogP contribution in [0, 0.1) is 5.82 Å². The molecule has 1 aliphatic rings. The highest BCUT2D eigenvalue weighted by atomic mass is 32.2. The third kappa shape index (κ3) is 4.45. The fourth-order valence-corrected chi connectivity index (χ4v) is 4.06. The monoisotopic (exact) mass is 357 g/mol. The number of nitrogens with one attached hydrogen (secondary N) is 1. The van der Waals surface area contributed by atoms with Crippen molar-refractivity contribution in [1.82, 2.24) is 10.2 Å². The van der Waals surface area contributed by atoms with E-state index in [0.717, 1.165) is 36.5 Å². The molecule has 0 spiro atoms. The fourth-order valence-electron chi connectivity index (χ4n) is 2.89. The highest BCUT2D eigenvalue weighted by Gasteiger charge is 2.32. The van der Waals surface area contributed by atoms with Gasteiger partial charge in [-0.15, -0.1) is 0 Å². The molecule has 1 fully saturated rings. The highest BCUT2D eigenvalue weighted by molar-refractivity contribution is 7.92. The van der Waals surface area contributed by atoms with Crippen LogP contribution in [0.1, 0.15) is 19.8 Å². The molecule has 6 nitrogen and oxygen atoms in total. The maximum atomic E-state index is 14.1. The van der Waals surface area contributed by atoms with Crippen LogP contribution in [-0.2, 0) is 14.8 Å². The van der Waals surface area contributed by atoms with E-state index < -0.39 is 27.8 Å². The van der Waals surface area contributed by atoms with Crippen molar-refractivity contribution >= 4 is 21.6 Å². The van der Waals surface area contributed by atoms with Crippen molar-refractivity contribution < 1.29 is 17.6 Å². The summed E-state index contributed by atoms with van der Waals surface area (Å²) in [5.41, 5.74) is -0.119. The molecule has 0 saturated carbocycles. The van der Waals surface area contributed by atoms with E-state index in [1.165, 1.54) is 31.2 Å². The van der Waals surface area contributed by atoms with Crippen molar-refractivity contribution in [3.63, 3.8) is 0 Å². The zero-order chi connectivity index (χ0) is 17.9. The smallest absolute Gasteiger partial charge is 0.243 e. The number of hydrogen-bond donors (Lipinski definition) is 1. The molecule has 1 aromatic carbocycles. The van der Waals surface area contributed by atoms with Gasteiger partial charge in [0.15, 0.2) is 0 Å². The summed E-state index contributed by atoms with van der Waals surface area (Å²) >= 11 is 0. The molecule has 8 heteroatoms. The Labute approximate surface area is 142 Å². The molecule has 1 amide bonds. The number of anilines is 1. The number of halogens is 1. The molecule has 1 heterocycles. The van der Waals surface area contributed by atoms with Crippen molar-refractivity contribution in [2.45, 2.75) is 31.8 Å². The molecule has 1 aromatic rings. The van der Waals surface area contributed by atoms with Gasteiger partial charge in [-0.3, -0.25) is 9.10 Å². The maximum absolute atomic E-state index is 14.1. The second kappa shape index (κ2) is 7.48. The second-order valence-corrected chi connectivity index (χ2v) is 8.13. The molecule has 0 aliphatic carbocycles. The summed E-state index contributed by atoms with van der Waals surface area (Å²) in [4.78, 5) is 14.7. The average Bonchev–Trinajstić information content (AvgIpc) is 2.50. The quantitative estimate of drug-likeness (QED) is 0.859. The fraction of sp³-hybridized carbons (Fsp3) is 0.562. The third-order valence-electron chi connectivity index (χ3n) is 4.24. The summed E-state index contributed by atoms with van der Waals surface area (Å²) in [5, 5.41) is 2.89. The normalized spacial score (nSPS) is 18.2. The molecule has 134 valence electrons. The van der Waals surface area contributed by atoms with Crippen molar-refractivity contribution in [2.24, 2.45) is 0 Å². The van der Waals surface area contributed by atoms with Crippen molar-refractivity contribution in [3.05, 3.63) is 30.1 Å². The van der Waals surface area contributed by atoms with Gasteiger partial charge >= 0.3 is 0 Å². The number of carbonyl (C=O) groups is 1. The van der Waals surface area contributed by atoms with E-state index in [1.807, 2.05) is 7.05 Å². The van der Waals surface area contributed by atoms with Crippen LogP contribution in [0.5, 0.6) is 0 Å². The van der Waals surface area contributed by atoms with Gasteiger partial charge in [-0.05, 0) is 52.0 Å². The number of sulfonamides is 1. The molecule has 1 saturated heterocycles. The summed E-state index contributed by atoms with van der Waals surface area (Å²) in [6.45, 7) is 3.22. The van der Waals surface area contributed by atoms with Gasteiger partial charge in [0, 0.05) is 6.04 Å². The predicted octanol–water partition coefficient (Wildman–Crippen LogP) is 1.19. The first-order valence-corrected chi connectivity index (χ1v) is 9.78. The number of carbonyl (C=O) groups excluding carboxylic acids is 1. The largest absolute Gasteiger partial charge is 0.351 e. The van der Waals surface area contributed by atoms with Gasteiger partial charge < -0.3 is 10.2 Å². The number of piperidine rings is 1. The van der Waals surface area contributed by atoms with Gasteiger partial charge in [0.05, 0.1) is 11.9 Å². The number of para-hydroxylation sites is 1. The first-order chi connectivity index (χ1) is 11.2. The molecule has 1 unspecified atom stereocenters. The Balaban J connectivity index is 2.18. The van der Waals surface area contributed by atoms with Gasteiger partial charge in [-0.1, -0.05) is 12.1 Å². The standard InChI is InChI=1S/C16H24FN3O3S/c1-12(16(21)18-13-8-10-19(2)11-9-13)20(24(3,22)23)15-7-5-4-6-14(15)17/h4-7,12-13H,8-11H2,1-3H3,(H,18,21). The van der Waals surface area contributed by atoms with E-state index in [2.05, 4.69) is 10.2 Å². The lowest BCUT2D eigenvalue weighted by atomic mass is 10.1. The molecular formula is C16H24FN3O3S. The van der Waals surface area contributed by atoms with Crippen LogP contribution in [0.2, 0.25) is 0 Å². The number of rotatable bonds is 5. The number of hydrogen-bond acceptors (Lipinski definition) is 4. The van der Waals surface area contributed by atoms with Crippen LogP contribution in [0.25, 0.3) is 0 Å². The van der Waals surface area contributed by atoms with Crippen LogP contribution in [0.15, 0.2) is 24.3 Å². The Bertz CT molecular complexity index is 688. The maximum Gasteiger partial charge on any atom is 0.243 e. The number of benzene rings is 1. The minimum absolute atomic E-state index is 0.0122. The summed E-state index contributed by atoms with van der Waals surface area (Å²) in [5.74, 6) is -1.10. The molecule has 1 atom stereocenters. The summed E-state index contributed by atoms with van der Waals surface area (Å²) in [6, 6.07) is 4.53. The van der Waals surface area contributed by atoms with Crippen LogP contribution in [0.3, 0.4) is 0 Å². The molecule has 0 aromatic heterocycles. The Kier molecular flexibility index (Phi) is 5.82. The number of likely N-dealkylation sites (tertiary alicyclic amines) is 1. The molecule has 1 aliphatic heterocycles. The molecule has 2 rings (SSSR count). The lowest BCUT2D eigenvalue weighted by Crippen LogP contribution is -2.52. The van der Waals surface area contributed by atoms with Crippen LogP contribution in [0.4, 0.5) is 10.1 Å². The van der Waals surface area contributed by atoms with Crippen LogP contribution in [-0.4, -0.2) is 57.7 Å². The second-order valence-electron chi connectivity index (χ2n) is 6.27. The zero-order valence-corrected chi connectivity index (χ0v) is 15.0. The first kappa shape index (κ1) is 18.7. The average molecular weight is 357 g/mol. The van der Waals surface area contributed by atoms with Crippen molar-refractivity contribution in [3.8, 4) is 0 Å². The van der Waals surface area contributed by atoms with E-state index in [9.17, 15) is 17.6 Å². The lowest BCUT2D eigenvalue weighted by molar-refractivity contribution is -0.122. The topological polar surface area (TPSA) is 69.7 Å². The van der Waals surface area contributed by atoms with E-state index in [1.54, 1.807) is 0 Å².